The van der Waals surface area contributed by atoms with Crippen LogP contribution in [-0.4, -0.2) is 20.9 Å². The number of aryl methyl sites for hydroxylation is 2. The molecule has 1 N–H and O–H groups in total. The summed E-state index contributed by atoms with van der Waals surface area (Å²) in [6, 6.07) is 12.3. The summed E-state index contributed by atoms with van der Waals surface area (Å²) >= 11 is 0. The molecule has 6 heteroatoms. The summed E-state index contributed by atoms with van der Waals surface area (Å²) in [5.74, 6) is 0.0876. The molecule has 1 fully saturated rings. The van der Waals surface area contributed by atoms with E-state index >= 15 is 0 Å². The fourth-order valence-electron chi connectivity index (χ4n) is 3.57. The number of hydrogen-bond donors (Lipinski definition) is 1. The first kappa shape index (κ1) is 19.6. The lowest BCUT2D eigenvalue weighted by Crippen LogP contribution is -2.29. The van der Waals surface area contributed by atoms with Crippen molar-refractivity contribution in [2.45, 2.75) is 51.0 Å². The second-order valence-electron chi connectivity index (χ2n) is 7.08. The summed E-state index contributed by atoms with van der Waals surface area (Å²) in [7, 11) is -3.65. The Morgan fingerprint density at radius 2 is 1.81 bits per heavy atom. The van der Waals surface area contributed by atoms with Crippen molar-refractivity contribution in [1.29, 1.82) is 0 Å². The van der Waals surface area contributed by atoms with Crippen molar-refractivity contribution in [3.8, 4) is 0 Å². The number of carbonyl (C=O) groups is 1. The molecule has 1 amide bonds. The number of nitrogens with one attached hydrogen (secondary N) is 1. The third kappa shape index (κ3) is 4.22. The van der Waals surface area contributed by atoms with Crippen LogP contribution in [0.2, 0.25) is 0 Å². The van der Waals surface area contributed by atoms with Gasteiger partial charge < -0.3 is 4.90 Å². The van der Waals surface area contributed by atoms with Crippen LogP contribution in [-0.2, 0) is 14.8 Å². The summed E-state index contributed by atoms with van der Waals surface area (Å²) in [5, 5.41) is 0. The van der Waals surface area contributed by atoms with Crippen LogP contribution in [0.3, 0.4) is 0 Å². The number of rotatable bonds is 6. The Balaban J connectivity index is 1.81. The normalized spacial score (nSPS) is 16.0. The first-order chi connectivity index (χ1) is 12.8. The molecule has 0 bridgehead atoms. The van der Waals surface area contributed by atoms with Crippen LogP contribution >= 0.6 is 0 Å². The van der Waals surface area contributed by atoms with Gasteiger partial charge in [0.1, 0.15) is 0 Å². The predicted octanol–water partition coefficient (Wildman–Crippen LogP) is 3.86. The summed E-state index contributed by atoms with van der Waals surface area (Å²) in [6.07, 6.45) is 2.05. The molecule has 3 rings (SSSR count). The fourth-order valence-corrected chi connectivity index (χ4v) is 4.86. The van der Waals surface area contributed by atoms with Gasteiger partial charge in [-0.05, 0) is 62.1 Å². The molecule has 0 radical (unpaired) electrons. The second-order valence-corrected chi connectivity index (χ2v) is 8.80. The molecule has 0 spiro atoms. The number of benzene rings is 2. The zero-order chi connectivity index (χ0) is 19.6. The average Bonchev–Trinajstić information content (AvgIpc) is 3.06. The standard InChI is InChI=1S/C21H26N2O3S/c1-4-20(19-12-7-15(2)14-16(19)3)22-27(25,26)18-10-8-17(9-11-18)23-13-5-6-21(23)24/h7-12,14,20,22H,4-6,13H2,1-3H3/t20-/m0/s1. The maximum Gasteiger partial charge on any atom is 0.241 e. The molecule has 0 aliphatic carbocycles. The zero-order valence-electron chi connectivity index (χ0n) is 16.0. The van der Waals surface area contributed by atoms with E-state index in [2.05, 4.69) is 10.8 Å². The zero-order valence-corrected chi connectivity index (χ0v) is 16.8. The van der Waals surface area contributed by atoms with Gasteiger partial charge in [-0.3, -0.25) is 4.79 Å². The number of nitrogens with zero attached hydrogens (tertiary/aromatic N) is 1. The molecule has 0 unspecified atom stereocenters. The molecule has 1 aliphatic heterocycles. The molecule has 5 nitrogen and oxygen atoms in total. The monoisotopic (exact) mass is 386 g/mol. The van der Waals surface area contributed by atoms with E-state index in [1.165, 1.54) is 0 Å². The van der Waals surface area contributed by atoms with Crippen molar-refractivity contribution in [3.05, 3.63) is 59.2 Å². The third-order valence-corrected chi connectivity index (χ3v) is 6.53. The number of anilines is 1. The van der Waals surface area contributed by atoms with E-state index in [1.54, 1.807) is 29.2 Å². The predicted molar refractivity (Wildman–Crippen MR) is 107 cm³/mol. The van der Waals surface area contributed by atoms with Crippen molar-refractivity contribution in [3.63, 3.8) is 0 Å². The van der Waals surface area contributed by atoms with Crippen LogP contribution in [0, 0.1) is 13.8 Å². The largest absolute Gasteiger partial charge is 0.312 e. The lowest BCUT2D eigenvalue weighted by Gasteiger charge is -2.20. The highest BCUT2D eigenvalue weighted by molar-refractivity contribution is 7.89. The van der Waals surface area contributed by atoms with Gasteiger partial charge >= 0.3 is 0 Å². The molecule has 0 aromatic heterocycles. The molecule has 27 heavy (non-hydrogen) atoms. The first-order valence-corrected chi connectivity index (χ1v) is 10.8. The molecule has 2 aromatic carbocycles. The molecular weight excluding hydrogens is 360 g/mol. The van der Waals surface area contributed by atoms with Crippen molar-refractivity contribution in [1.82, 2.24) is 4.72 Å². The molecular formula is C21H26N2O3S. The minimum absolute atomic E-state index is 0.0876. The van der Waals surface area contributed by atoms with Gasteiger partial charge in [-0.2, -0.15) is 0 Å². The van der Waals surface area contributed by atoms with Gasteiger partial charge in [0.15, 0.2) is 0 Å². The lowest BCUT2D eigenvalue weighted by atomic mass is 9.98. The van der Waals surface area contributed by atoms with E-state index in [0.29, 0.717) is 19.4 Å². The van der Waals surface area contributed by atoms with Crippen LogP contribution in [0.5, 0.6) is 0 Å². The van der Waals surface area contributed by atoms with Gasteiger partial charge in [-0.15, -0.1) is 0 Å². The van der Waals surface area contributed by atoms with Crippen LogP contribution in [0.25, 0.3) is 0 Å². The molecule has 144 valence electrons. The van der Waals surface area contributed by atoms with Gasteiger partial charge in [-0.1, -0.05) is 30.7 Å². The SMILES string of the molecule is CC[C@H](NS(=O)(=O)c1ccc(N2CCCC2=O)cc1)c1ccc(C)cc1C. The first-order valence-electron chi connectivity index (χ1n) is 9.31. The van der Waals surface area contributed by atoms with E-state index in [-0.39, 0.29) is 16.8 Å². The van der Waals surface area contributed by atoms with Crippen LogP contribution in [0.4, 0.5) is 5.69 Å². The molecule has 2 aromatic rings. The van der Waals surface area contributed by atoms with Gasteiger partial charge in [-0.25, -0.2) is 13.1 Å². The summed E-state index contributed by atoms with van der Waals surface area (Å²) in [5.41, 5.74) is 3.97. The van der Waals surface area contributed by atoms with Crippen LogP contribution < -0.4 is 9.62 Å². The second kappa shape index (κ2) is 7.82. The van der Waals surface area contributed by atoms with E-state index in [0.717, 1.165) is 28.8 Å². The Bertz CT molecular complexity index is 936. The summed E-state index contributed by atoms with van der Waals surface area (Å²) in [4.78, 5) is 13.8. The van der Waals surface area contributed by atoms with Crippen molar-refractivity contribution in [2.75, 3.05) is 11.4 Å². The molecule has 1 atom stereocenters. The maximum absolute atomic E-state index is 12.9. The molecule has 1 saturated heterocycles. The summed E-state index contributed by atoms with van der Waals surface area (Å²) < 4.78 is 28.5. The highest BCUT2D eigenvalue weighted by Crippen LogP contribution is 2.26. The molecule has 0 saturated carbocycles. The fraction of sp³-hybridized carbons (Fsp3) is 0.381. The van der Waals surface area contributed by atoms with E-state index in [1.807, 2.05) is 32.9 Å². The van der Waals surface area contributed by atoms with Crippen molar-refractivity contribution < 1.29 is 13.2 Å². The number of amides is 1. The maximum atomic E-state index is 12.9. The third-order valence-electron chi connectivity index (χ3n) is 5.04. The van der Waals surface area contributed by atoms with Crippen LogP contribution in [0.1, 0.15) is 48.9 Å². The Morgan fingerprint density at radius 3 is 2.37 bits per heavy atom. The van der Waals surface area contributed by atoms with Crippen molar-refractivity contribution >= 4 is 21.6 Å². The van der Waals surface area contributed by atoms with Crippen LogP contribution in [0.15, 0.2) is 47.4 Å². The highest BCUT2D eigenvalue weighted by atomic mass is 32.2. The Labute approximate surface area is 161 Å². The lowest BCUT2D eigenvalue weighted by molar-refractivity contribution is -0.117. The van der Waals surface area contributed by atoms with Gasteiger partial charge in [0.25, 0.3) is 0 Å². The number of carbonyl (C=O) groups excluding carboxylic acids is 1. The Kier molecular flexibility index (Phi) is 5.67. The van der Waals surface area contributed by atoms with E-state index < -0.39 is 10.0 Å². The Hall–Kier alpha value is -2.18. The highest BCUT2D eigenvalue weighted by Gasteiger charge is 2.24. The topological polar surface area (TPSA) is 66.5 Å². The quantitative estimate of drug-likeness (QED) is 0.820. The summed E-state index contributed by atoms with van der Waals surface area (Å²) in [6.45, 7) is 6.68. The van der Waals surface area contributed by atoms with Crippen molar-refractivity contribution in [2.24, 2.45) is 0 Å². The number of sulfonamides is 1. The molecule has 1 aliphatic rings. The van der Waals surface area contributed by atoms with Gasteiger partial charge in [0.2, 0.25) is 15.9 Å². The van der Waals surface area contributed by atoms with E-state index in [4.69, 9.17) is 0 Å². The van der Waals surface area contributed by atoms with Gasteiger partial charge in [0.05, 0.1) is 4.90 Å². The number of hydrogen-bond acceptors (Lipinski definition) is 3. The minimum Gasteiger partial charge on any atom is -0.312 e. The van der Waals surface area contributed by atoms with Gasteiger partial charge in [0, 0.05) is 24.7 Å². The van der Waals surface area contributed by atoms with E-state index in [9.17, 15) is 13.2 Å². The average molecular weight is 387 g/mol. The minimum atomic E-state index is -3.65. The molecule has 1 heterocycles. The Morgan fingerprint density at radius 1 is 1.11 bits per heavy atom. The smallest absolute Gasteiger partial charge is 0.241 e.